The van der Waals surface area contributed by atoms with Crippen LogP contribution in [-0.2, 0) is 9.53 Å². The highest BCUT2D eigenvalue weighted by Gasteiger charge is 2.25. The zero-order valence-electron chi connectivity index (χ0n) is 10.6. The van der Waals surface area contributed by atoms with Crippen LogP contribution in [0.5, 0.6) is 0 Å². The molecule has 3 heteroatoms. The fourth-order valence-electron chi connectivity index (χ4n) is 2.54. The van der Waals surface area contributed by atoms with Crippen molar-refractivity contribution in [1.29, 1.82) is 0 Å². The Morgan fingerprint density at radius 3 is 2.89 bits per heavy atom. The molecule has 0 radical (unpaired) electrons. The molecule has 3 nitrogen and oxygen atoms in total. The van der Waals surface area contributed by atoms with Crippen molar-refractivity contribution < 1.29 is 14.3 Å². The maximum Gasteiger partial charge on any atom is 0.338 e. The number of esters is 1. The lowest BCUT2D eigenvalue weighted by Crippen LogP contribution is -2.17. The number of ether oxygens (including phenoxy) is 1. The van der Waals surface area contributed by atoms with Gasteiger partial charge in [-0.1, -0.05) is 18.2 Å². The third kappa shape index (κ3) is 2.78. The van der Waals surface area contributed by atoms with E-state index >= 15 is 0 Å². The van der Waals surface area contributed by atoms with Gasteiger partial charge in [0.2, 0.25) is 0 Å². The molecule has 0 amide bonds. The Morgan fingerprint density at radius 1 is 1.39 bits per heavy atom. The summed E-state index contributed by atoms with van der Waals surface area (Å²) in [7, 11) is 0. The molecule has 0 spiro atoms. The molecule has 0 aromatic heterocycles. The van der Waals surface area contributed by atoms with E-state index in [0.717, 1.165) is 18.4 Å². The Bertz CT molecular complexity index is 451. The first-order chi connectivity index (χ1) is 8.72. The molecule has 1 unspecified atom stereocenters. The summed E-state index contributed by atoms with van der Waals surface area (Å²) in [5, 5.41) is 0. The number of Topliss-reactive ketones (excluding diaryl/α,β-unsaturated/α-hetero) is 1. The second-order valence-electron chi connectivity index (χ2n) is 4.64. The summed E-state index contributed by atoms with van der Waals surface area (Å²) in [6, 6.07) is 7.47. The fraction of sp³-hybridized carbons (Fsp3) is 0.467. The van der Waals surface area contributed by atoms with Crippen LogP contribution in [0.2, 0.25) is 0 Å². The third-order valence-corrected chi connectivity index (χ3v) is 3.38. The smallest absolute Gasteiger partial charge is 0.338 e. The van der Waals surface area contributed by atoms with Gasteiger partial charge in [-0.3, -0.25) is 4.79 Å². The molecule has 2 rings (SSSR count). The van der Waals surface area contributed by atoms with E-state index < -0.39 is 0 Å². The largest absolute Gasteiger partial charge is 0.462 e. The molecule has 18 heavy (non-hydrogen) atoms. The summed E-state index contributed by atoms with van der Waals surface area (Å²) in [6.07, 6.45) is 3.12. The Labute approximate surface area is 107 Å². The van der Waals surface area contributed by atoms with E-state index in [0.29, 0.717) is 30.8 Å². The number of hydrogen-bond acceptors (Lipinski definition) is 3. The minimum Gasteiger partial charge on any atom is -0.462 e. The van der Waals surface area contributed by atoms with Crippen molar-refractivity contribution in [2.75, 3.05) is 6.61 Å². The van der Waals surface area contributed by atoms with Crippen LogP contribution in [0, 0.1) is 0 Å². The van der Waals surface area contributed by atoms with Gasteiger partial charge in [-0.2, -0.15) is 0 Å². The van der Waals surface area contributed by atoms with E-state index in [1.807, 2.05) is 18.2 Å². The van der Waals surface area contributed by atoms with Crippen molar-refractivity contribution in [3.63, 3.8) is 0 Å². The van der Waals surface area contributed by atoms with Crippen molar-refractivity contribution in [2.24, 2.45) is 0 Å². The quantitative estimate of drug-likeness (QED) is 0.770. The average Bonchev–Trinajstić information content (AvgIpc) is 2.39. The Kier molecular flexibility index (Phi) is 4.13. The second-order valence-corrected chi connectivity index (χ2v) is 4.64. The molecule has 1 aromatic rings. The number of carbonyl (C=O) groups is 2. The molecular formula is C15H18O3. The molecular weight excluding hydrogens is 228 g/mol. The summed E-state index contributed by atoms with van der Waals surface area (Å²) in [5.41, 5.74) is 1.57. The van der Waals surface area contributed by atoms with Gasteiger partial charge in [0.25, 0.3) is 0 Å². The highest BCUT2D eigenvalue weighted by Crippen LogP contribution is 2.33. The first-order valence-corrected chi connectivity index (χ1v) is 6.50. The first-order valence-electron chi connectivity index (χ1n) is 6.50. The van der Waals surface area contributed by atoms with Crippen molar-refractivity contribution in [3.05, 3.63) is 35.4 Å². The highest BCUT2D eigenvalue weighted by molar-refractivity contribution is 5.91. The molecule has 0 aliphatic heterocycles. The van der Waals surface area contributed by atoms with Crippen LogP contribution in [0.3, 0.4) is 0 Å². The topological polar surface area (TPSA) is 43.4 Å². The predicted octanol–water partition coefficient (Wildman–Crippen LogP) is 3.09. The number of hydrogen-bond donors (Lipinski definition) is 0. The average molecular weight is 246 g/mol. The predicted molar refractivity (Wildman–Crippen MR) is 68.6 cm³/mol. The molecule has 96 valence electrons. The lowest BCUT2D eigenvalue weighted by molar-refractivity contribution is -0.120. The maximum atomic E-state index is 11.9. The van der Waals surface area contributed by atoms with Crippen LogP contribution in [0.15, 0.2) is 24.3 Å². The molecule has 1 aromatic carbocycles. The van der Waals surface area contributed by atoms with Gasteiger partial charge in [0.1, 0.15) is 5.78 Å². The minimum absolute atomic E-state index is 0.173. The SMILES string of the molecule is CCOC(=O)c1ccccc1C1CCCC(=O)C1. The van der Waals surface area contributed by atoms with E-state index in [9.17, 15) is 9.59 Å². The Morgan fingerprint density at radius 2 is 2.17 bits per heavy atom. The molecule has 0 heterocycles. The van der Waals surface area contributed by atoms with Gasteiger partial charge in [0, 0.05) is 12.8 Å². The molecule has 1 fully saturated rings. The van der Waals surface area contributed by atoms with Gasteiger partial charge < -0.3 is 4.74 Å². The van der Waals surface area contributed by atoms with Crippen molar-refractivity contribution in [2.45, 2.75) is 38.5 Å². The molecule has 0 N–H and O–H groups in total. The second kappa shape index (κ2) is 5.80. The van der Waals surface area contributed by atoms with Crippen LogP contribution in [0.1, 0.15) is 54.4 Å². The van der Waals surface area contributed by atoms with E-state index in [1.165, 1.54) is 0 Å². The lowest BCUT2D eigenvalue weighted by Gasteiger charge is -2.23. The van der Waals surface area contributed by atoms with Crippen LogP contribution >= 0.6 is 0 Å². The number of ketones is 1. The summed E-state index contributed by atoms with van der Waals surface area (Å²) >= 11 is 0. The van der Waals surface area contributed by atoms with E-state index in [-0.39, 0.29) is 11.9 Å². The van der Waals surface area contributed by atoms with E-state index in [2.05, 4.69) is 0 Å². The monoisotopic (exact) mass is 246 g/mol. The number of rotatable bonds is 3. The minimum atomic E-state index is -0.286. The van der Waals surface area contributed by atoms with Crippen LogP contribution in [-0.4, -0.2) is 18.4 Å². The Hall–Kier alpha value is -1.64. The number of benzene rings is 1. The van der Waals surface area contributed by atoms with Crippen molar-refractivity contribution >= 4 is 11.8 Å². The van der Waals surface area contributed by atoms with Gasteiger partial charge in [-0.15, -0.1) is 0 Å². The van der Waals surface area contributed by atoms with Gasteiger partial charge in [-0.25, -0.2) is 4.79 Å². The molecule has 1 aliphatic carbocycles. The summed E-state index contributed by atoms with van der Waals surface area (Å²) in [6.45, 7) is 2.17. The molecule has 0 bridgehead atoms. The van der Waals surface area contributed by atoms with Gasteiger partial charge in [0.05, 0.1) is 12.2 Å². The first kappa shape index (κ1) is 12.8. The standard InChI is InChI=1S/C15H18O3/c1-2-18-15(17)14-9-4-3-8-13(14)11-6-5-7-12(16)10-11/h3-4,8-9,11H,2,5-7,10H2,1H3. The van der Waals surface area contributed by atoms with Gasteiger partial charge in [0.15, 0.2) is 0 Å². The van der Waals surface area contributed by atoms with Gasteiger partial charge in [-0.05, 0) is 37.3 Å². The molecule has 1 saturated carbocycles. The third-order valence-electron chi connectivity index (χ3n) is 3.38. The zero-order valence-corrected chi connectivity index (χ0v) is 10.6. The zero-order chi connectivity index (χ0) is 13.0. The van der Waals surface area contributed by atoms with Crippen LogP contribution < -0.4 is 0 Å². The van der Waals surface area contributed by atoms with Crippen LogP contribution in [0.25, 0.3) is 0 Å². The van der Waals surface area contributed by atoms with E-state index in [4.69, 9.17) is 4.74 Å². The molecule has 1 atom stereocenters. The summed E-state index contributed by atoms with van der Waals surface area (Å²) < 4.78 is 5.06. The van der Waals surface area contributed by atoms with E-state index in [1.54, 1.807) is 13.0 Å². The van der Waals surface area contributed by atoms with Crippen molar-refractivity contribution in [1.82, 2.24) is 0 Å². The normalized spacial score (nSPS) is 19.6. The fourth-order valence-corrected chi connectivity index (χ4v) is 2.54. The molecule has 1 aliphatic rings. The Balaban J connectivity index is 2.26. The van der Waals surface area contributed by atoms with Crippen molar-refractivity contribution in [3.8, 4) is 0 Å². The molecule has 0 saturated heterocycles. The van der Waals surface area contributed by atoms with Crippen LogP contribution in [0.4, 0.5) is 0 Å². The summed E-state index contributed by atoms with van der Waals surface area (Å²) in [4.78, 5) is 23.4. The number of carbonyl (C=O) groups excluding carboxylic acids is 2. The van der Waals surface area contributed by atoms with Gasteiger partial charge >= 0.3 is 5.97 Å². The highest BCUT2D eigenvalue weighted by atomic mass is 16.5. The summed E-state index contributed by atoms with van der Waals surface area (Å²) in [5.74, 6) is 0.183. The maximum absolute atomic E-state index is 11.9. The lowest BCUT2D eigenvalue weighted by atomic mass is 9.81.